The molecule has 0 radical (unpaired) electrons. The fraction of sp³-hybridized carbons (Fsp3) is 0.667. The van der Waals surface area contributed by atoms with Gasteiger partial charge in [0.15, 0.2) is 0 Å². The molecule has 0 saturated heterocycles. The van der Waals surface area contributed by atoms with Gasteiger partial charge in [0, 0.05) is 13.2 Å². The Morgan fingerprint density at radius 1 is 1.30 bits per heavy atom. The van der Waals surface area contributed by atoms with Crippen LogP contribution in [0.3, 0.4) is 0 Å². The molecule has 0 spiro atoms. The summed E-state index contributed by atoms with van der Waals surface area (Å²) in [5, 5.41) is 2.98. The van der Waals surface area contributed by atoms with Gasteiger partial charge in [-0.15, -0.1) is 0 Å². The first kappa shape index (κ1) is 17.7. The lowest BCUT2D eigenvalue weighted by Crippen LogP contribution is -2.46. The van der Waals surface area contributed by atoms with Gasteiger partial charge in [0.05, 0.1) is 18.0 Å². The third kappa shape index (κ3) is 4.44. The summed E-state index contributed by atoms with van der Waals surface area (Å²) in [4.78, 5) is 17.1. The zero-order valence-electron chi connectivity index (χ0n) is 14.5. The van der Waals surface area contributed by atoms with Crippen LogP contribution in [0.5, 0.6) is 5.88 Å². The molecule has 1 heterocycles. The van der Waals surface area contributed by atoms with E-state index in [0.29, 0.717) is 12.5 Å². The van der Waals surface area contributed by atoms with Crippen molar-refractivity contribution in [1.29, 1.82) is 0 Å². The van der Waals surface area contributed by atoms with Gasteiger partial charge in [-0.3, -0.25) is 4.79 Å². The van der Waals surface area contributed by atoms with Crippen molar-refractivity contribution in [3.63, 3.8) is 0 Å². The van der Waals surface area contributed by atoms with E-state index in [2.05, 4.69) is 17.2 Å². The van der Waals surface area contributed by atoms with E-state index in [9.17, 15) is 4.79 Å². The van der Waals surface area contributed by atoms with Gasteiger partial charge in [-0.1, -0.05) is 32.6 Å². The van der Waals surface area contributed by atoms with Gasteiger partial charge in [0.2, 0.25) is 5.88 Å². The topological polar surface area (TPSA) is 60.5 Å². The number of nitrogens with one attached hydrogen (secondary N) is 1. The SMILES string of the molecule is CCCCOc1ccc(NC(=O)C2(OC)CCCCC2)c(C)n1. The average Bonchev–Trinajstić information content (AvgIpc) is 2.58. The molecule has 1 N–H and O–H groups in total. The number of anilines is 1. The Labute approximate surface area is 138 Å². The number of unbranched alkanes of at least 4 members (excludes halogenated alkanes) is 1. The summed E-state index contributed by atoms with van der Waals surface area (Å²) in [6.45, 7) is 4.67. The largest absolute Gasteiger partial charge is 0.478 e. The number of nitrogens with zero attached hydrogens (tertiary/aromatic N) is 1. The number of carbonyl (C=O) groups excluding carboxylic acids is 1. The van der Waals surface area contributed by atoms with Gasteiger partial charge in [-0.2, -0.15) is 0 Å². The highest BCUT2D eigenvalue weighted by Gasteiger charge is 2.39. The minimum absolute atomic E-state index is 0.0655. The molecule has 0 unspecified atom stereocenters. The predicted octanol–water partition coefficient (Wildman–Crippen LogP) is 3.86. The van der Waals surface area contributed by atoms with Crippen LogP contribution < -0.4 is 10.1 Å². The Balaban J connectivity index is 2.02. The molecule has 2 rings (SSSR count). The number of aryl methyl sites for hydroxylation is 1. The number of pyridine rings is 1. The maximum absolute atomic E-state index is 12.7. The first-order valence-electron chi connectivity index (χ1n) is 8.58. The fourth-order valence-electron chi connectivity index (χ4n) is 2.95. The first-order chi connectivity index (χ1) is 11.1. The maximum Gasteiger partial charge on any atom is 0.256 e. The van der Waals surface area contributed by atoms with Crippen molar-refractivity contribution in [2.45, 2.75) is 64.4 Å². The van der Waals surface area contributed by atoms with Crippen LogP contribution in [0.1, 0.15) is 57.6 Å². The Kier molecular flexibility index (Phi) is 6.39. The van der Waals surface area contributed by atoms with Crippen molar-refractivity contribution in [1.82, 2.24) is 4.98 Å². The van der Waals surface area contributed by atoms with Crippen molar-refractivity contribution in [3.05, 3.63) is 17.8 Å². The normalized spacial score (nSPS) is 16.8. The lowest BCUT2D eigenvalue weighted by molar-refractivity contribution is -0.141. The third-order valence-electron chi connectivity index (χ3n) is 4.52. The van der Waals surface area contributed by atoms with Crippen LogP contribution in [0, 0.1) is 6.92 Å². The fourth-order valence-corrected chi connectivity index (χ4v) is 2.95. The molecule has 0 aromatic carbocycles. The summed E-state index contributed by atoms with van der Waals surface area (Å²) in [5.41, 5.74) is 0.787. The molecule has 23 heavy (non-hydrogen) atoms. The van der Waals surface area contributed by atoms with E-state index in [1.807, 2.05) is 13.0 Å². The molecular weight excluding hydrogens is 292 g/mol. The van der Waals surface area contributed by atoms with Crippen LogP contribution in [0.2, 0.25) is 0 Å². The van der Waals surface area contributed by atoms with Crippen LogP contribution >= 0.6 is 0 Å². The number of hydrogen-bond acceptors (Lipinski definition) is 4. The van der Waals surface area contributed by atoms with Crippen molar-refractivity contribution in [2.75, 3.05) is 19.0 Å². The molecule has 1 saturated carbocycles. The van der Waals surface area contributed by atoms with Gasteiger partial charge < -0.3 is 14.8 Å². The van der Waals surface area contributed by atoms with E-state index in [0.717, 1.165) is 49.9 Å². The molecule has 1 aliphatic rings. The molecule has 5 nitrogen and oxygen atoms in total. The third-order valence-corrected chi connectivity index (χ3v) is 4.52. The number of hydrogen-bond donors (Lipinski definition) is 1. The van der Waals surface area contributed by atoms with Crippen LogP contribution in [0.4, 0.5) is 5.69 Å². The monoisotopic (exact) mass is 320 g/mol. The summed E-state index contributed by atoms with van der Waals surface area (Å²) in [7, 11) is 1.63. The highest BCUT2D eigenvalue weighted by Crippen LogP contribution is 2.32. The number of rotatable bonds is 7. The highest BCUT2D eigenvalue weighted by atomic mass is 16.5. The molecule has 1 amide bonds. The molecular formula is C18H28N2O3. The molecule has 0 aliphatic heterocycles. The molecule has 128 valence electrons. The quantitative estimate of drug-likeness (QED) is 0.775. The van der Waals surface area contributed by atoms with E-state index >= 15 is 0 Å². The zero-order chi connectivity index (χ0) is 16.7. The van der Waals surface area contributed by atoms with Gasteiger partial charge in [0.1, 0.15) is 5.60 Å². The molecule has 1 aliphatic carbocycles. The van der Waals surface area contributed by atoms with E-state index in [-0.39, 0.29) is 5.91 Å². The minimum Gasteiger partial charge on any atom is -0.478 e. The van der Waals surface area contributed by atoms with Crippen LogP contribution in [-0.2, 0) is 9.53 Å². The Morgan fingerprint density at radius 2 is 2.04 bits per heavy atom. The summed E-state index contributed by atoms with van der Waals surface area (Å²) in [6, 6.07) is 3.66. The van der Waals surface area contributed by atoms with E-state index in [4.69, 9.17) is 9.47 Å². The number of ether oxygens (including phenoxy) is 2. The van der Waals surface area contributed by atoms with E-state index in [1.54, 1.807) is 13.2 Å². The molecule has 1 fully saturated rings. The second-order valence-corrected chi connectivity index (χ2v) is 6.20. The number of carbonyl (C=O) groups is 1. The summed E-state index contributed by atoms with van der Waals surface area (Å²) in [5.74, 6) is 0.539. The molecule has 1 aromatic heterocycles. The number of aromatic nitrogens is 1. The highest BCUT2D eigenvalue weighted by molar-refractivity contribution is 5.97. The molecule has 1 aromatic rings. The second kappa shape index (κ2) is 8.29. The average molecular weight is 320 g/mol. The van der Waals surface area contributed by atoms with Crippen molar-refractivity contribution in [2.24, 2.45) is 0 Å². The standard InChI is InChI=1S/C18H28N2O3/c1-4-5-13-23-16-10-9-15(14(2)19-16)20-17(21)18(22-3)11-7-6-8-12-18/h9-10H,4-8,11-13H2,1-3H3,(H,20,21). The summed E-state index contributed by atoms with van der Waals surface area (Å²) in [6.07, 6.45) is 6.88. The summed E-state index contributed by atoms with van der Waals surface area (Å²) >= 11 is 0. The van der Waals surface area contributed by atoms with Crippen molar-refractivity contribution < 1.29 is 14.3 Å². The minimum atomic E-state index is -0.693. The second-order valence-electron chi connectivity index (χ2n) is 6.20. The molecule has 5 heteroatoms. The van der Waals surface area contributed by atoms with Gasteiger partial charge >= 0.3 is 0 Å². The van der Waals surface area contributed by atoms with Gasteiger partial charge in [-0.25, -0.2) is 4.98 Å². The van der Waals surface area contributed by atoms with E-state index in [1.165, 1.54) is 6.42 Å². The van der Waals surface area contributed by atoms with Crippen LogP contribution in [0.15, 0.2) is 12.1 Å². The maximum atomic E-state index is 12.7. The Morgan fingerprint density at radius 3 is 2.65 bits per heavy atom. The molecule has 0 atom stereocenters. The Hall–Kier alpha value is -1.62. The Bertz CT molecular complexity index is 525. The van der Waals surface area contributed by atoms with E-state index < -0.39 is 5.60 Å². The van der Waals surface area contributed by atoms with Crippen molar-refractivity contribution >= 4 is 11.6 Å². The summed E-state index contributed by atoms with van der Waals surface area (Å²) < 4.78 is 11.2. The lowest BCUT2D eigenvalue weighted by atomic mass is 9.84. The zero-order valence-corrected chi connectivity index (χ0v) is 14.5. The van der Waals surface area contributed by atoms with Crippen LogP contribution in [-0.4, -0.2) is 30.2 Å². The number of amides is 1. The van der Waals surface area contributed by atoms with Crippen molar-refractivity contribution in [3.8, 4) is 5.88 Å². The predicted molar refractivity (Wildman–Crippen MR) is 90.8 cm³/mol. The smallest absolute Gasteiger partial charge is 0.256 e. The van der Waals surface area contributed by atoms with Crippen LogP contribution in [0.25, 0.3) is 0 Å². The van der Waals surface area contributed by atoms with Gasteiger partial charge in [-0.05, 0) is 32.3 Å². The van der Waals surface area contributed by atoms with Gasteiger partial charge in [0.25, 0.3) is 5.91 Å². The molecule has 0 bridgehead atoms. The lowest BCUT2D eigenvalue weighted by Gasteiger charge is -2.34. The first-order valence-corrected chi connectivity index (χ1v) is 8.58. The number of methoxy groups -OCH3 is 1.